The van der Waals surface area contributed by atoms with Crippen molar-refractivity contribution in [1.29, 1.82) is 0 Å². The highest BCUT2D eigenvalue weighted by Crippen LogP contribution is 2.05. The van der Waals surface area contributed by atoms with Crippen LogP contribution < -0.4 is 10.6 Å². The van der Waals surface area contributed by atoms with Crippen molar-refractivity contribution in [2.45, 2.75) is 26.5 Å². The fourth-order valence-corrected chi connectivity index (χ4v) is 1.83. The molecule has 1 aromatic carbocycles. The quantitative estimate of drug-likeness (QED) is 0.585. The van der Waals surface area contributed by atoms with E-state index in [0.717, 1.165) is 5.56 Å². The van der Waals surface area contributed by atoms with Crippen LogP contribution in [0.2, 0.25) is 0 Å². The van der Waals surface area contributed by atoms with E-state index in [0.29, 0.717) is 0 Å². The number of hydrogen-bond donors (Lipinski definition) is 2. The van der Waals surface area contributed by atoms with Crippen LogP contribution in [-0.4, -0.2) is 31.1 Å². The van der Waals surface area contributed by atoms with Crippen molar-refractivity contribution in [3.63, 3.8) is 0 Å². The number of nitrogens with one attached hydrogen (secondary N) is 2. The van der Waals surface area contributed by atoms with Crippen molar-refractivity contribution >= 4 is 18.0 Å². The monoisotopic (exact) mass is 334 g/mol. The first kappa shape index (κ1) is 19.2. The molecule has 7 heteroatoms. The molecule has 0 heterocycles. The molecule has 0 saturated heterocycles. The molecule has 0 radical (unpaired) electrons. The van der Waals surface area contributed by atoms with E-state index < -0.39 is 24.0 Å². The summed E-state index contributed by atoms with van der Waals surface area (Å²) in [5, 5.41) is 4.80. The van der Waals surface area contributed by atoms with Gasteiger partial charge in [0.2, 0.25) is 5.91 Å². The van der Waals surface area contributed by atoms with Gasteiger partial charge in [0.25, 0.3) is 0 Å². The van der Waals surface area contributed by atoms with E-state index in [1.807, 2.05) is 30.3 Å². The van der Waals surface area contributed by atoms with E-state index in [2.05, 4.69) is 21.9 Å². The highest BCUT2D eigenvalue weighted by molar-refractivity contribution is 5.95. The molecule has 0 aromatic heterocycles. The van der Waals surface area contributed by atoms with Gasteiger partial charge in [-0.2, -0.15) is 0 Å². The topological polar surface area (TPSA) is 93.7 Å². The summed E-state index contributed by atoms with van der Waals surface area (Å²) in [6.07, 6.45) is -0.726. The fourth-order valence-electron chi connectivity index (χ4n) is 1.83. The number of esters is 1. The largest absolute Gasteiger partial charge is 0.464 e. The zero-order valence-corrected chi connectivity index (χ0v) is 14.0. The third kappa shape index (κ3) is 6.12. The zero-order valence-electron chi connectivity index (χ0n) is 14.0. The van der Waals surface area contributed by atoms with E-state index in [1.54, 1.807) is 13.8 Å². The van der Waals surface area contributed by atoms with Gasteiger partial charge in [-0.15, -0.1) is 0 Å². The molecule has 0 aliphatic heterocycles. The van der Waals surface area contributed by atoms with Crippen LogP contribution >= 0.6 is 0 Å². The predicted molar refractivity (Wildman–Crippen MR) is 87.7 cm³/mol. The summed E-state index contributed by atoms with van der Waals surface area (Å²) < 4.78 is 9.54. The second-order valence-electron chi connectivity index (χ2n) is 5.39. The molecule has 0 fully saturated rings. The average molecular weight is 334 g/mol. The van der Waals surface area contributed by atoms with Gasteiger partial charge in [0.15, 0.2) is 0 Å². The fraction of sp³-hybridized carbons (Fsp3) is 0.353. The molecule has 0 bridgehead atoms. The maximum absolute atomic E-state index is 12.2. The molecule has 0 unspecified atom stereocenters. The maximum atomic E-state index is 12.2. The number of ether oxygens (including phenoxy) is 2. The number of hydrogen-bond acceptors (Lipinski definition) is 5. The Bertz CT molecular complexity index is 598. The maximum Gasteiger partial charge on any atom is 0.408 e. The molecular formula is C17H22N2O5. The average Bonchev–Trinajstić information content (AvgIpc) is 2.57. The third-order valence-electron chi connectivity index (χ3n) is 3.14. The van der Waals surface area contributed by atoms with E-state index in [1.165, 1.54) is 7.11 Å². The number of methoxy groups -OCH3 is 1. The number of amides is 2. The van der Waals surface area contributed by atoms with Gasteiger partial charge < -0.3 is 20.1 Å². The van der Waals surface area contributed by atoms with Crippen LogP contribution in [-0.2, 0) is 25.7 Å². The molecule has 0 spiro atoms. The van der Waals surface area contributed by atoms with Crippen LogP contribution in [0.3, 0.4) is 0 Å². The van der Waals surface area contributed by atoms with Crippen molar-refractivity contribution < 1.29 is 23.9 Å². The Morgan fingerprint density at radius 1 is 1.17 bits per heavy atom. The second-order valence-corrected chi connectivity index (χ2v) is 5.39. The SMILES string of the molecule is C=C(NC(=O)[C@@H](NC(=O)OCc1ccccc1)C(C)C)C(=O)OC. The number of carbonyl (C=O) groups is 3. The lowest BCUT2D eigenvalue weighted by Gasteiger charge is -2.21. The molecule has 0 saturated carbocycles. The van der Waals surface area contributed by atoms with Crippen molar-refractivity contribution in [3.05, 3.63) is 48.2 Å². The van der Waals surface area contributed by atoms with E-state index in [-0.39, 0.29) is 18.2 Å². The molecule has 1 atom stereocenters. The first-order valence-corrected chi connectivity index (χ1v) is 7.40. The smallest absolute Gasteiger partial charge is 0.408 e. The minimum absolute atomic E-state index is 0.0912. The van der Waals surface area contributed by atoms with E-state index >= 15 is 0 Å². The first-order chi connectivity index (χ1) is 11.3. The molecule has 2 amide bonds. The van der Waals surface area contributed by atoms with Crippen LogP contribution in [0.4, 0.5) is 4.79 Å². The summed E-state index contributed by atoms with van der Waals surface area (Å²) in [7, 11) is 1.18. The van der Waals surface area contributed by atoms with Gasteiger partial charge in [0.1, 0.15) is 18.3 Å². The van der Waals surface area contributed by atoms with Crippen molar-refractivity contribution in [2.24, 2.45) is 5.92 Å². The Balaban J connectivity index is 2.58. The Morgan fingerprint density at radius 3 is 2.33 bits per heavy atom. The summed E-state index contributed by atoms with van der Waals surface area (Å²) in [6.45, 7) is 7.01. The lowest BCUT2D eigenvalue weighted by atomic mass is 10.0. The molecule has 24 heavy (non-hydrogen) atoms. The van der Waals surface area contributed by atoms with Crippen LogP contribution in [0.1, 0.15) is 19.4 Å². The van der Waals surface area contributed by atoms with Gasteiger partial charge in [-0.1, -0.05) is 50.8 Å². The molecule has 0 aliphatic rings. The Hall–Kier alpha value is -2.83. The molecule has 1 aromatic rings. The number of carbonyl (C=O) groups excluding carboxylic acids is 3. The van der Waals surface area contributed by atoms with Crippen molar-refractivity contribution in [1.82, 2.24) is 10.6 Å². The Morgan fingerprint density at radius 2 is 1.79 bits per heavy atom. The highest BCUT2D eigenvalue weighted by Gasteiger charge is 2.26. The van der Waals surface area contributed by atoms with Crippen molar-refractivity contribution in [2.75, 3.05) is 7.11 Å². The van der Waals surface area contributed by atoms with Crippen LogP contribution in [0.5, 0.6) is 0 Å². The minimum Gasteiger partial charge on any atom is -0.464 e. The summed E-state index contributed by atoms with van der Waals surface area (Å²) in [5.41, 5.74) is 0.630. The lowest BCUT2D eigenvalue weighted by molar-refractivity contribution is -0.138. The third-order valence-corrected chi connectivity index (χ3v) is 3.14. The van der Waals surface area contributed by atoms with Crippen molar-refractivity contribution in [3.8, 4) is 0 Å². The van der Waals surface area contributed by atoms with Gasteiger partial charge in [0, 0.05) is 0 Å². The van der Waals surface area contributed by atoms with E-state index in [4.69, 9.17) is 4.74 Å². The molecule has 130 valence electrons. The number of benzene rings is 1. The van der Waals surface area contributed by atoms with Crippen LogP contribution in [0.15, 0.2) is 42.6 Å². The van der Waals surface area contributed by atoms with Gasteiger partial charge in [0.05, 0.1) is 7.11 Å². The Labute approximate surface area is 141 Å². The first-order valence-electron chi connectivity index (χ1n) is 7.40. The minimum atomic E-state index is -0.880. The normalized spacial score (nSPS) is 11.3. The van der Waals surface area contributed by atoms with Gasteiger partial charge in [-0.3, -0.25) is 4.79 Å². The molecule has 7 nitrogen and oxygen atoms in total. The molecule has 1 rings (SSSR count). The number of alkyl carbamates (subject to hydrolysis) is 1. The van der Waals surface area contributed by atoms with Crippen LogP contribution in [0, 0.1) is 5.92 Å². The zero-order chi connectivity index (χ0) is 18.1. The summed E-state index contributed by atoms with van der Waals surface area (Å²) in [6, 6.07) is 8.28. The summed E-state index contributed by atoms with van der Waals surface area (Å²) in [4.78, 5) is 35.3. The molecular weight excluding hydrogens is 312 g/mol. The molecule has 2 N–H and O–H groups in total. The van der Waals surface area contributed by atoms with Crippen LogP contribution in [0.25, 0.3) is 0 Å². The van der Waals surface area contributed by atoms with Gasteiger partial charge >= 0.3 is 12.1 Å². The number of rotatable bonds is 7. The Kier molecular flexibility index (Phi) is 7.48. The van der Waals surface area contributed by atoms with Gasteiger partial charge in [-0.05, 0) is 11.5 Å². The standard InChI is InChI=1S/C17H22N2O5/c1-11(2)14(15(20)18-12(3)16(21)23-4)19-17(22)24-10-13-8-6-5-7-9-13/h5-9,11,14H,3,10H2,1-2,4H3,(H,18,20)(H,19,22)/t14-/m0/s1. The van der Waals surface area contributed by atoms with E-state index in [9.17, 15) is 14.4 Å². The molecule has 0 aliphatic carbocycles. The summed E-state index contributed by atoms with van der Waals surface area (Å²) >= 11 is 0. The van der Waals surface area contributed by atoms with Gasteiger partial charge in [-0.25, -0.2) is 9.59 Å². The second kappa shape index (κ2) is 9.34. The summed E-state index contributed by atoms with van der Waals surface area (Å²) in [5.74, 6) is -1.55. The lowest BCUT2D eigenvalue weighted by Crippen LogP contribution is -2.50. The predicted octanol–water partition coefficient (Wildman–Crippen LogP) is 1.74. The highest BCUT2D eigenvalue weighted by atomic mass is 16.5.